The van der Waals surface area contributed by atoms with Gasteiger partial charge in [0.2, 0.25) is 0 Å². The second-order valence-electron chi connectivity index (χ2n) is 4.52. The molecule has 1 amide bonds. The van der Waals surface area contributed by atoms with Crippen molar-refractivity contribution in [3.05, 3.63) is 29.3 Å². The normalized spacial score (nSPS) is 16.8. The van der Waals surface area contributed by atoms with E-state index < -0.39 is 0 Å². The van der Waals surface area contributed by atoms with Crippen LogP contribution in [0.25, 0.3) is 0 Å². The van der Waals surface area contributed by atoms with E-state index in [1.807, 2.05) is 18.2 Å². The van der Waals surface area contributed by atoms with E-state index in [-0.39, 0.29) is 5.91 Å². The van der Waals surface area contributed by atoms with Crippen molar-refractivity contribution in [2.75, 3.05) is 25.0 Å². The maximum absolute atomic E-state index is 11.8. The number of anilines is 1. The van der Waals surface area contributed by atoms with Gasteiger partial charge in [-0.05, 0) is 31.4 Å². The molecule has 1 aliphatic rings. The van der Waals surface area contributed by atoms with Gasteiger partial charge in [0.1, 0.15) is 0 Å². The number of amides is 1. The molecule has 1 aromatic rings. The summed E-state index contributed by atoms with van der Waals surface area (Å²) in [5.74, 6) is 0.0509. The molecule has 17 heavy (non-hydrogen) atoms. The fourth-order valence-electron chi connectivity index (χ4n) is 2.21. The summed E-state index contributed by atoms with van der Waals surface area (Å²) >= 11 is 5.99. The van der Waals surface area contributed by atoms with E-state index in [4.69, 9.17) is 11.6 Å². The van der Waals surface area contributed by atoms with Crippen LogP contribution < -0.4 is 10.2 Å². The number of nitrogens with one attached hydrogen (secondary N) is 2. The highest BCUT2D eigenvalue weighted by Crippen LogP contribution is 2.19. The first kappa shape index (κ1) is 12.4. The van der Waals surface area contributed by atoms with Crippen LogP contribution >= 0.6 is 11.6 Å². The second-order valence-corrected chi connectivity index (χ2v) is 4.92. The van der Waals surface area contributed by atoms with Crippen molar-refractivity contribution < 1.29 is 9.69 Å². The van der Waals surface area contributed by atoms with E-state index in [9.17, 15) is 4.79 Å². The molecule has 1 aromatic carbocycles. The van der Waals surface area contributed by atoms with Gasteiger partial charge in [-0.25, -0.2) is 0 Å². The van der Waals surface area contributed by atoms with Crippen LogP contribution in [0.5, 0.6) is 0 Å². The lowest BCUT2D eigenvalue weighted by atomic mass is 10.1. The zero-order valence-electron chi connectivity index (χ0n) is 9.84. The maximum atomic E-state index is 11.8. The van der Waals surface area contributed by atoms with Gasteiger partial charge in [-0.15, -0.1) is 0 Å². The first-order chi connectivity index (χ1) is 8.25. The molecule has 1 aliphatic heterocycles. The number of quaternary nitrogens is 1. The molecule has 4 heteroatoms. The number of hydrogen-bond donors (Lipinski definition) is 2. The van der Waals surface area contributed by atoms with Gasteiger partial charge in [-0.3, -0.25) is 4.79 Å². The Labute approximate surface area is 107 Å². The van der Waals surface area contributed by atoms with Gasteiger partial charge >= 0.3 is 0 Å². The topological polar surface area (TPSA) is 33.5 Å². The van der Waals surface area contributed by atoms with E-state index in [2.05, 4.69) is 5.32 Å². The Hall–Kier alpha value is -1.06. The molecule has 0 aliphatic carbocycles. The predicted molar refractivity (Wildman–Crippen MR) is 69.5 cm³/mol. The fourth-order valence-corrected chi connectivity index (χ4v) is 2.40. The number of carbonyl (C=O) groups excluding carboxylic acids is 1. The first-order valence-electron chi connectivity index (χ1n) is 6.13. The number of benzene rings is 1. The maximum Gasteiger partial charge on any atom is 0.279 e. The number of hydrogen-bond acceptors (Lipinski definition) is 1. The van der Waals surface area contributed by atoms with Crippen LogP contribution in [0.2, 0.25) is 5.02 Å². The Morgan fingerprint density at radius 1 is 1.24 bits per heavy atom. The summed E-state index contributed by atoms with van der Waals surface area (Å²) < 4.78 is 0. The third-order valence-corrected chi connectivity index (χ3v) is 3.45. The van der Waals surface area contributed by atoms with Crippen molar-refractivity contribution in [1.29, 1.82) is 0 Å². The Morgan fingerprint density at radius 3 is 2.65 bits per heavy atom. The van der Waals surface area contributed by atoms with Crippen LogP contribution in [0.15, 0.2) is 24.3 Å². The van der Waals surface area contributed by atoms with Crippen LogP contribution in [0.3, 0.4) is 0 Å². The van der Waals surface area contributed by atoms with Gasteiger partial charge in [-0.1, -0.05) is 23.7 Å². The number of halogens is 1. The quantitative estimate of drug-likeness (QED) is 0.838. The summed E-state index contributed by atoms with van der Waals surface area (Å²) in [6.45, 7) is 2.76. The van der Waals surface area contributed by atoms with Crippen LogP contribution in [0.4, 0.5) is 5.69 Å². The molecule has 0 saturated carbocycles. The van der Waals surface area contributed by atoms with Gasteiger partial charge in [-0.2, -0.15) is 0 Å². The lowest BCUT2D eigenvalue weighted by Crippen LogP contribution is -3.13. The van der Waals surface area contributed by atoms with Crippen molar-refractivity contribution in [3.8, 4) is 0 Å². The van der Waals surface area contributed by atoms with Crippen molar-refractivity contribution in [2.45, 2.75) is 19.3 Å². The number of carbonyl (C=O) groups is 1. The molecule has 0 aromatic heterocycles. The molecule has 0 atom stereocenters. The Kier molecular flexibility index (Phi) is 4.40. The van der Waals surface area contributed by atoms with Gasteiger partial charge in [0, 0.05) is 0 Å². The third kappa shape index (κ3) is 3.72. The van der Waals surface area contributed by atoms with Gasteiger partial charge in [0.05, 0.1) is 23.8 Å². The average molecular weight is 254 g/mol. The summed E-state index contributed by atoms with van der Waals surface area (Å²) in [6, 6.07) is 7.33. The lowest BCUT2D eigenvalue weighted by molar-refractivity contribution is -0.896. The van der Waals surface area contributed by atoms with Crippen molar-refractivity contribution in [2.24, 2.45) is 0 Å². The fraction of sp³-hybridized carbons (Fsp3) is 0.462. The smallest absolute Gasteiger partial charge is 0.279 e. The number of para-hydroxylation sites is 1. The minimum absolute atomic E-state index is 0.0509. The summed E-state index contributed by atoms with van der Waals surface area (Å²) in [6.07, 6.45) is 3.76. The van der Waals surface area contributed by atoms with Crippen LogP contribution in [0.1, 0.15) is 19.3 Å². The number of piperidine rings is 1. The summed E-state index contributed by atoms with van der Waals surface area (Å²) in [4.78, 5) is 13.2. The molecule has 0 spiro atoms. The van der Waals surface area contributed by atoms with E-state index in [1.165, 1.54) is 24.2 Å². The second kappa shape index (κ2) is 6.03. The zero-order chi connectivity index (χ0) is 12.1. The molecule has 1 heterocycles. The molecule has 1 saturated heterocycles. The lowest BCUT2D eigenvalue weighted by Gasteiger charge is -2.22. The summed E-state index contributed by atoms with van der Waals surface area (Å²) in [7, 11) is 0. The molecule has 0 radical (unpaired) electrons. The Balaban J connectivity index is 1.86. The molecule has 3 nitrogen and oxygen atoms in total. The van der Waals surface area contributed by atoms with Crippen LogP contribution in [-0.2, 0) is 4.79 Å². The van der Waals surface area contributed by atoms with E-state index >= 15 is 0 Å². The zero-order valence-corrected chi connectivity index (χ0v) is 10.6. The van der Waals surface area contributed by atoms with Crippen molar-refractivity contribution in [3.63, 3.8) is 0 Å². The van der Waals surface area contributed by atoms with Gasteiger partial charge in [0.15, 0.2) is 6.54 Å². The van der Waals surface area contributed by atoms with Gasteiger partial charge in [0.25, 0.3) is 5.91 Å². The first-order valence-corrected chi connectivity index (χ1v) is 6.51. The molecule has 2 N–H and O–H groups in total. The van der Waals surface area contributed by atoms with E-state index in [1.54, 1.807) is 6.07 Å². The highest BCUT2D eigenvalue weighted by Gasteiger charge is 2.17. The third-order valence-electron chi connectivity index (χ3n) is 3.12. The molecule has 0 bridgehead atoms. The average Bonchev–Trinajstić information content (AvgIpc) is 2.33. The highest BCUT2D eigenvalue weighted by atomic mass is 35.5. The minimum atomic E-state index is 0.0509. The summed E-state index contributed by atoms with van der Waals surface area (Å²) in [5, 5.41) is 3.46. The molecule has 0 unspecified atom stereocenters. The Morgan fingerprint density at radius 2 is 1.94 bits per heavy atom. The van der Waals surface area contributed by atoms with E-state index in [0.29, 0.717) is 17.3 Å². The molecule has 1 fully saturated rings. The monoisotopic (exact) mass is 253 g/mol. The number of likely N-dealkylation sites (tertiary alicyclic amines) is 1. The van der Waals surface area contributed by atoms with Crippen LogP contribution in [-0.4, -0.2) is 25.5 Å². The largest absolute Gasteiger partial charge is 0.327 e. The molecular formula is C13H18ClN2O+. The molecule has 2 rings (SSSR count). The van der Waals surface area contributed by atoms with E-state index in [0.717, 1.165) is 13.1 Å². The SMILES string of the molecule is O=C(C[NH+]1CCCCC1)Nc1ccccc1Cl. The predicted octanol–water partition coefficient (Wildman–Crippen LogP) is 1.35. The van der Waals surface area contributed by atoms with Crippen molar-refractivity contribution in [1.82, 2.24) is 0 Å². The molecule has 92 valence electrons. The van der Waals surface area contributed by atoms with Crippen LogP contribution in [0, 0.1) is 0 Å². The van der Waals surface area contributed by atoms with Crippen molar-refractivity contribution >= 4 is 23.2 Å². The Bertz CT molecular complexity index is 389. The summed E-state index contributed by atoms with van der Waals surface area (Å²) in [5.41, 5.74) is 0.704. The minimum Gasteiger partial charge on any atom is -0.327 e. The molecular weight excluding hydrogens is 236 g/mol. The highest BCUT2D eigenvalue weighted by molar-refractivity contribution is 6.33. The number of rotatable bonds is 3. The van der Waals surface area contributed by atoms with Gasteiger partial charge < -0.3 is 10.2 Å². The standard InChI is InChI=1S/C13H17ClN2O/c14-11-6-2-3-7-12(11)15-13(17)10-16-8-4-1-5-9-16/h2-3,6-7H,1,4-5,8-10H2,(H,15,17)/p+1.